The van der Waals surface area contributed by atoms with Gasteiger partial charge in [0.15, 0.2) is 17.3 Å². The molecule has 1 N–H and O–H groups in total. The molecule has 0 aliphatic carbocycles. The molecule has 116 valence electrons. The van der Waals surface area contributed by atoms with Crippen LogP contribution in [0.3, 0.4) is 0 Å². The Morgan fingerprint density at radius 3 is 2.82 bits per heavy atom. The van der Waals surface area contributed by atoms with Crippen molar-refractivity contribution >= 4 is 11.9 Å². The lowest BCUT2D eigenvalue weighted by molar-refractivity contribution is -0.146. The van der Waals surface area contributed by atoms with E-state index in [1.165, 1.54) is 7.11 Å². The molecule has 2 aromatic rings. The first kappa shape index (κ1) is 14.4. The maximum atomic E-state index is 11.8. The number of fused-ring (bicyclic) bond motifs is 1. The number of hydrogen-bond donors (Lipinski definition) is 1. The van der Waals surface area contributed by atoms with Gasteiger partial charge in [-0.3, -0.25) is 4.79 Å². The topological polar surface area (TPSA) is 94.6 Å². The van der Waals surface area contributed by atoms with Gasteiger partial charge in [0.1, 0.15) is 5.76 Å². The largest absolute Gasteiger partial charge is 0.476 e. The fourth-order valence-corrected chi connectivity index (χ4v) is 2.83. The van der Waals surface area contributed by atoms with E-state index in [2.05, 4.69) is 4.98 Å². The Morgan fingerprint density at radius 2 is 2.23 bits per heavy atom. The third-order valence-corrected chi connectivity index (χ3v) is 3.90. The summed E-state index contributed by atoms with van der Waals surface area (Å²) in [6.07, 6.45) is 1.02. The highest BCUT2D eigenvalue weighted by molar-refractivity contribution is 5.88. The summed E-state index contributed by atoms with van der Waals surface area (Å²) in [5, 5.41) is 9.33. The summed E-state index contributed by atoms with van der Waals surface area (Å²) in [5.74, 6) is -0.0221. The number of aromatic nitrogens is 2. The predicted octanol–water partition coefficient (Wildman–Crippen LogP) is 1.89. The van der Waals surface area contributed by atoms with Crippen molar-refractivity contribution in [3.63, 3.8) is 0 Å². The second kappa shape index (κ2) is 5.32. The Bertz CT molecular complexity index is 743. The molecule has 7 heteroatoms. The zero-order valence-corrected chi connectivity index (χ0v) is 12.3. The van der Waals surface area contributed by atoms with Gasteiger partial charge >= 0.3 is 11.9 Å². The van der Waals surface area contributed by atoms with Crippen molar-refractivity contribution in [2.24, 2.45) is 5.92 Å². The number of carbonyl (C=O) groups excluding carboxylic acids is 1. The minimum atomic E-state index is -1.07. The SMILES string of the molecule is COC(=O)C1CCc2c(C(=O)O)nc(-c3ccc(C)o3)n2C1. The molecule has 0 aromatic carbocycles. The smallest absolute Gasteiger partial charge is 0.356 e. The van der Waals surface area contributed by atoms with E-state index in [9.17, 15) is 14.7 Å². The molecule has 0 spiro atoms. The number of carboxylic acids is 1. The van der Waals surface area contributed by atoms with Crippen molar-refractivity contribution < 1.29 is 23.8 Å². The molecule has 2 aromatic heterocycles. The number of ether oxygens (including phenoxy) is 1. The molecule has 0 bridgehead atoms. The molecule has 0 saturated heterocycles. The number of esters is 1. The molecule has 3 rings (SSSR count). The van der Waals surface area contributed by atoms with E-state index >= 15 is 0 Å². The van der Waals surface area contributed by atoms with E-state index < -0.39 is 5.97 Å². The van der Waals surface area contributed by atoms with Crippen molar-refractivity contribution in [1.29, 1.82) is 0 Å². The molecular weight excluding hydrogens is 288 g/mol. The van der Waals surface area contributed by atoms with E-state index in [4.69, 9.17) is 9.15 Å². The third-order valence-electron chi connectivity index (χ3n) is 3.90. The Labute approximate surface area is 126 Å². The number of hydrogen-bond acceptors (Lipinski definition) is 5. The van der Waals surface area contributed by atoms with Crippen LogP contribution < -0.4 is 0 Å². The number of furan rings is 1. The van der Waals surface area contributed by atoms with Crippen LogP contribution in [0, 0.1) is 12.8 Å². The Hall–Kier alpha value is -2.57. The average molecular weight is 304 g/mol. The van der Waals surface area contributed by atoms with Crippen molar-refractivity contribution in [2.75, 3.05) is 7.11 Å². The minimum absolute atomic E-state index is 0.0207. The fraction of sp³-hybridized carbons (Fsp3) is 0.400. The van der Waals surface area contributed by atoms with Crippen molar-refractivity contribution in [2.45, 2.75) is 26.3 Å². The van der Waals surface area contributed by atoms with Gasteiger partial charge in [-0.1, -0.05) is 0 Å². The van der Waals surface area contributed by atoms with Crippen LogP contribution in [0.5, 0.6) is 0 Å². The van der Waals surface area contributed by atoms with Crippen LogP contribution in [-0.2, 0) is 22.5 Å². The molecule has 1 aliphatic rings. The molecular formula is C15H16N2O5. The zero-order valence-electron chi connectivity index (χ0n) is 12.3. The third kappa shape index (κ3) is 2.28. The summed E-state index contributed by atoms with van der Waals surface area (Å²) in [4.78, 5) is 27.4. The van der Waals surface area contributed by atoms with Gasteiger partial charge in [-0.25, -0.2) is 9.78 Å². The maximum Gasteiger partial charge on any atom is 0.356 e. The van der Waals surface area contributed by atoms with Crippen LogP contribution in [-0.4, -0.2) is 33.7 Å². The lowest BCUT2D eigenvalue weighted by Gasteiger charge is -2.23. The predicted molar refractivity (Wildman–Crippen MR) is 75.5 cm³/mol. The summed E-state index contributed by atoms with van der Waals surface area (Å²) < 4.78 is 12.1. The minimum Gasteiger partial charge on any atom is -0.476 e. The second-order valence-corrected chi connectivity index (χ2v) is 5.32. The first-order valence-corrected chi connectivity index (χ1v) is 6.98. The lowest BCUT2D eigenvalue weighted by Crippen LogP contribution is -2.28. The highest BCUT2D eigenvalue weighted by Crippen LogP contribution is 2.31. The first-order valence-electron chi connectivity index (χ1n) is 6.98. The van der Waals surface area contributed by atoms with E-state index in [1.54, 1.807) is 23.6 Å². The van der Waals surface area contributed by atoms with E-state index in [0.717, 1.165) is 0 Å². The van der Waals surface area contributed by atoms with Crippen molar-refractivity contribution in [1.82, 2.24) is 9.55 Å². The Morgan fingerprint density at radius 1 is 1.45 bits per heavy atom. The number of aryl methyl sites for hydroxylation is 1. The van der Waals surface area contributed by atoms with Gasteiger partial charge in [0.2, 0.25) is 0 Å². The van der Waals surface area contributed by atoms with Crippen molar-refractivity contribution in [3.05, 3.63) is 29.3 Å². The summed E-state index contributed by atoms with van der Waals surface area (Å²) in [6, 6.07) is 3.54. The van der Waals surface area contributed by atoms with Crippen LogP contribution in [0.4, 0.5) is 0 Å². The monoisotopic (exact) mass is 304 g/mol. The van der Waals surface area contributed by atoms with Crippen LogP contribution in [0.1, 0.15) is 28.4 Å². The Balaban J connectivity index is 2.08. The number of imidazole rings is 1. The molecule has 7 nitrogen and oxygen atoms in total. The summed E-state index contributed by atoms with van der Waals surface area (Å²) in [5.41, 5.74) is 0.643. The van der Waals surface area contributed by atoms with Gasteiger partial charge in [0.05, 0.1) is 18.7 Å². The molecule has 0 saturated carbocycles. The molecule has 0 radical (unpaired) electrons. The summed E-state index contributed by atoms with van der Waals surface area (Å²) in [7, 11) is 1.35. The number of nitrogens with zero attached hydrogens (tertiary/aromatic N) is 2. The summed E-state index contributed by atoms with van der Waals surface area (Å²) in [6.45, 7) is 2.15. The van der Waals surface area contributed by atoms with Gasteiger partial charge in [0.25, 0.3) is 0 Å². The van der Waals surface area contributed by atoms with E-state index in [0.29, 0.717) is 42.4 Å². The van der Waals surface area contributed by atoms with Gasteiger partial charge in [0, 0.05) is 6.54 Å². The molecule has 3 heterocycles. The number of aromatic carboxylic acids is 1. The first-order chi connectivity index (χ1) is 10.5. The number of carboxylic acid groups (broad SMARTS) is 1. The van der Waals surface area contributed by atoms with Gasteiger partial charge in [-0.15, -0.1) is 0 Å². The van der Waals surface area contributed by atoms with Crippen molar-refractivity contribution in [3.8, 4) is 11.6 Å². The number of rotatable bonds is 3. The van der Waals surface area contributed by atoms with Crippen LogP contribution in [0.15, 0.2) is 16.5 Å². The van der Waals surface area contributed by atoms with Gasteiger partial charge in [-0.05, 0) is 31.9 Å². The molecule has 0 fully saturated rings. The number of methoxy groups -OCH3 is 1. The van der Waals surface area contributed by atoms with Crippen LogP contribution >= 0.6 is 0 Å². The Kier molecular flexibility index (Phi) is 3.48. The fourth-order valence-electron chi connectivity index (χ4n) is 2.83. The molecule has 1 aliphatic heterocycles. The highest BCUT2D eigenvalue weighted by atomic mass is 16.5. The van der Waals surface area contributed by atoms with Gasteiger partial charge in [-0.2, -0.15) is 0 Å². The summed E-state index contributed by atoms with van der Waals surface area (Å²) >= 11 is 0. The molecule has 22 heavy (non-hydrogen) atoms. The van der Waals surface area contributed by atoms with Gasteiger partial charge < -0.3 is 18.8 Å². The van der Waals surface area contributed by atoms with E-state index in [-0.39, 0.29) is 17.6 Å². The average Bonchev–Trinajstić information content (AvgIpc) is 3.09. The molecule has 1 unspecified atom stereocenters. The van der Waals surface area contributed by atoms with E-state index in [1.807, 2.05) is 0 Å². The normalized spacial score (nSPS) is 17.1. The lowest BCUT2D eigenvalue weighted by atomic mass is 9.97. The molecule has 1 atom stereocenters. The number of carbonyl (C=O) groups is 2. The standard InChI is InChI=1S/C15H16N2O5/c1-8-3-6-11(22-8)13-16-12(14(18)19)10-5-4-9(7-17(10)13)15(20)21-2/h3,6,9H,4-5,7H2,1-2H3,(H,18,19). The zero-order chi connectivity index (χ0) is 15.9. The quantitative estimate of drug-likeness (QED) is 0.870. The maximum absolute atomic E-state index is 11.8. The molecule has 0 amide bonds. The van der Waals surface area contributed by atoms with Crippen LogP contribution in [0.25, 0.3) is 11.6 Å². The second-order valence-electron chi connectivity index (χ2n) is 5.32. The van der Waals surface area contributed by atoms with Crippen LogP contribution in [0.2, 0.25) is 0 Å². The highest BCUT2D eigenvalue weighted by Gasteiger charge is 2.32.